The van der Waals surface area contributed by atoms with Gasteiger partial charge in [0.2, 0.25) is 0 Å². The van der Waals surface area contributed by atoms with Gasteiger partial charge in [-0.3, -0.25) is 4.55 Å². The van der Waals surface area contributed by atoms with Crippen LogP contribution in [0.15, 0.2) is 40.8 Å². The maximum Gasteiger partial charge on any atom is 0.294 e. The molecule has 1 aromatic carbocycles. The van der Waals surface area contributed by atoms with E-state index < -0.39 is 10.1 Å². The first-order chi connectivity index (χ1) is 8.43. The lowest BCUT2D eigenvalue weighted by Crippen LogP contribution is -2.33. The van der Waals surface area contributed by atoms with Crippen LogP contribution in [0.25, 0.3) is 0 Å². The summed E-state index contributed by atoms with van der Waals surface area (Å²) in [6, 6.07) is 7.96. The molecule has 1 aliphatic heterocycles. The topological polar surface area (TPSA) is 90.2 Å². The Hall–Kier alpha value is -1.68. The van der Waals surface area contributed by atoms with E-state index in [1.807, 2.05) is 13.0 Å². The average Bonchev–Trinajstić information content (AvgIpc) is 2.24. The SMILES string of the molecule is Cc1ccc(S(=O)(=O)O)cc1.N#CC=C1CNC1. The van der Waals surface area contributed by atoms with Crippen molar-refractivity contribution in [1.29, 1.82) is 5.26 Å². The molecule has 2 rings (SSSR count). The second kappa shape index (κ2) is 6.31. The third-order valence-corrected chi connectivity index (χ3v) is 3.16. The van der Waals surface area contributed by atoms with E-state index in [2.05, 4.69) is 5.32 Å². The highest BCUT2D eigenvalue weighted by Crippen LogP contribution is 2.08. The van der Waals surface area contributed by atoms with Gasteiger partial charge in [-0.25, -0.2) is 0 Å². The van der Waals surface area contributed by atoms with Crippen LogP contribution >= 0.6 is 0 Å². The van der Waals surface area contributed by atoms with Gasteiger partial charge in [0.15, 0.2) is 0 Å². The maximum absolute atomic E-state index is 10.5. The zero-order chi connectivity index (χ0) is 13.6. The van der Waals surface area contributed by atoms with Crippen molar-refractivity contribution in [2.45, 2.75) is 11.8 Å². The first kappa shape index (κ1) is 14.4. The summed E-state index contributed by atoms with van der Waals surface area (Å²) in [6.45, 7) is 3.66. The number of aryl methyl sites for hydroxylation is 1. The fourth-order valence-electron chi connectivity index (χ4n) is 1.17. The summed E-state index contributed by atoms with van der Waals surface area (Å²) in [5, 5.41) is 11.1. The van der Waals surface area contributed by atoms with Crippen LogP contribution in [0, 0.1) is 18.3 Å². The van der Waals surface area contributed by atoms with Crippen LogP contribution in [0.1, 0.15) is 5.56 Å². The van der Waals surface area contributed by atoms with Crippen LogP contribution in [-0.2, 0) is 10.1 Å². The van der Waals surface area contributed by atoms with Crippen LogP contribution < -0.4 is 5.32 Å². The lowest BCUT2D eigenvalue weighted by Gasteiger charge is -2.16. The van der Waals surface area contributed by atoms with E-state index in [-0.39, 0.29) is 4.90 Å². The van der Waals surface area contributed by atoms with Gasteiger partial charge in [-0.2, -0.15) is 13.7 Å². The molecule has 5 nitrogen and oxygen atoms in total. The summed E-state index contributed by atoms with van der Waals surface area (Å²) in [6.07, 6.45) is 1.59. The van der Waals surface area contributed by atoms with Gasteiger partial charge in [-0.05, 0) is 24.6 Å². The highest BCUT2D eigenvalue weighted by molar-refractivity contribution is 7.85. The van der Waals surface area contributed by atoms with Crippen LogP contribution in [-0.4, -0.2) is 26.1 Å². The number of nitriles is 1. The molecule has 1 aliphatic rings. The highest BCUT2D eigenvalue weighted by Gasteiger charge is 2.06. The smallest absolute Gasteiger partial charge is 0.294 e. The summed E-state index contributed by atoms with van der Waals surface area (Å²) < 4.78 is 29.6. The quantitative estimate of drug-likeness (QED) is 0.590. The number of rotatable bonds is 1. The third-order valence-electron chi connectivity index (χ3n) is 2.29. The molecule has 0 radical (unpaired) electrons. The van der Waals surface area contributed by atoms with Gasteiger partial charge < -0.3 is 5.32 Å². The molecule has 0 spiro atoms. The Balaban J connectivity index is 0.000000199. The zero-order valence-electron chi connectivity index (χ0n) is 9.92. The molecule has 1 aromatic rings. The van der Waals surface area contributed by atoms with E-state index in [1.54, 1.807) is 18.2 Å². The molecule has 0 aliphatic carbocycles. The number of nitrogens with zero attached hydrogens (tertiary/aromatic N) is 1. The Morgan fingerprint density at radius 3 is 2.17 bits per heavy atom. The van der Waals surface area contributed by atoms with E-state index in [4.69, 9.17) is 9.81 Å². The molecule has 96 valence electrons. The Labute approximate surface area is 107 Å². The van der Waals surface area contributed by atoms with Gasteiger partial charge >= 0.3 is 0 Å². The summed E-state index contributed by atoms with van der Waals surface area (Å²) in [5.74, 6) is 0. The van der Waals surface area contributed by atoms with Crippen molar-refractivity contribution in [1.82, 2.24) is 5.32 Å². The van der Waals surface area contributed by atoms with Gasteiger partial charge in [0.05, 0.1) is 11.0 Å². The molecule has 0 bridgehead atoms. The summed E-state index contributed by atoms with van der Waals surface area (Å²) in [4.78, 5) is -0.0666. The monoisotopic (exact) mass is 266 g/mol. The Morgan fingerprint density at radius 2 is 1.89 bits per heavy atom. The average molecular weight is 266 g/mol. The van der Waals surface area contributed by atoms with Crippen LogP contribution in [0.4, 0.5) is 0 Å². The van der Waals surface area contributed by atoms with Crippen molar-refractivity contribution in [3.8, 4) is 6.07 Å². The van der Waals surface area contributed by atoms with Crippen molar-refractivity contribution in [3.05, 3.63) is 41.5 Å². The van der Waals surface area contributed by atoms with Crippen LogP contribution in [0.5, 0.6) is 0 Å². The molecule has 6 heteroatoms. The van der Waals surface area contributed by atoms with E-state index >= 15 is 0 Å². The predicted octanol–water partition coefficient (Wildman–Crippen LogP) is 1.28. The summed E-state index contributed by atoms with van der Waals surface area (Å²) in [5.41, 5.74) is 2.17. The fraction of sp³-hybridized carbons (Fsp3) is 0.250. The largest absolute Gasteiger partial charge is 0.309 e. The molecular weight excluding hydrogens is 252 g/mol. The van der Waals surface area contributed by atoms with Gasteiger partial charge in [-0.15, -0.1) is 0 Å². The van der Waals surface area contributed by atoms with E-state index in [1.165, 1.54) is 17.7 Å². The predicted molar refractivity (Wildman–Crippen MR) is 67.6 cm³/mol. The summed E-state index contributed by atoms with van der Waals surface area (Å²) >= 11 is 0. The van der Waals surface area contributed by atoms with Crippen molar-refractivity contribution in [3.63, 3.8) is 0 Å². The van der Waals surface area contributed by atoms with Gasteiger partial charge in [0.1, 0.15) is 0 Å². The summed E-state index contributed by atoms with van der Waals surface area (Å²) in [7, 11) is -4.02. The Morgan fingerprint density at radius 1 is 1.33 bits per heavy atom. The number of benzene rings is 1. The second-order valence-corrected chi connectivity index (χ2v) is 5.24. The van der Waals surface area contributed by atoms with Crippen molar-refractivity contribution < 1.29 is 13.0 Å². The number of hydrogen-bond donors (Lipinski definition) is 2. The maximum atomic E-state index is 10.5. The molecule has 1 fully saturated rings. The van der Waals surface area contributed by atoms with Crippen molar-refractivity contribution in [2.75, 3.05) is 13.1 Å². The van der Waals surface area contributed by atoms with Crippen LogP contribution in [0.2, 0.25) is 0 Å². The molecular formula is C12H14N2O3S. The molecule has 1 saturated heterocycles. The molecule has 0 atom stereocenters. The highest BCUT2D eigenvalue weighted by atomic mass is 32.2. The van der Waals surface area contributed by atoms with Crippen LogP contribution in [0.3, 0.4) is 0 Å². The molecule has 1 heterocycles. The van der Waals surface area contributed by atoms with Crippen molar-refractivity contribution >= 4 is 10.1 Å². The molecule has 2 N–H and O–H groups in total. The number of allylic oxidation sites excluding steroid dienone is 1. The van der Waals surface area contributed by atoms with E-state index in [0.29, 0.717) is 0 Å². The van der Waals surface area contributed by atoms with Gasteiger partial charge in [0.25, 0.3) is 10.1 Å². The van der Waals surface area contributed by atoms with Gasteiger partial charge in [0, 0.05) is 19.2 Å². The fourth-order valence-corrected chi connectivity index (χ4v) is 1.65. The first-order valence-corrected chi connectivity index (χ1v) is 6.70. The Kier molecular flexibility index (Phi) is 5.04. The number of hydrogen-bond acceptors (Lipinski definition) is 4. The molecule has 18 heavy (non-hydrogen) atoms. The Bertz CT molecular complexity index is 562. The van der Waals surface area contributed by atoms with E-state index in [9.17, 15) is 8.42 Å². The first-order valence-electron chi connectivity index (χ1n) is 5.26. The lowest BCUT2D eigenvalue weighted by atomic mass is 10.1. The lowest BCUT2D eigenvalue weighted by molar-refractivity contribution is 0.483. The van der Waals surface area contributed by atoms with E-state index in [0.717, 1.165) is 18.7 Å². The molecule has 0 saturated carbocycles. The molecule has 0 amide bonds. The third kappa shape index (κ3) is 4.67. The van der Waals surface area contributed by atoms with Gasteiger partial charge in [-0.1, -0.05) is 17.7 Å². The zero-order valence-corrected chi connectivity index (χ0v) is 10.7. The minimum Gasteiger partial charge on any atom is -0.309 e. The van der Waals surface area contributed by atoms with Crippen molar-refractivity contribution in [2.24, 2.45) is 0 Å². The normalized spacial score (nSPS) is 13.7. The number of nitrogens with one attached hydrogen (secondary N) is 1. The minimum atomic E-state index is -4.02. The second-order valence-electron chi connectivity index (χ2n) is 3.82. The molecule has 0 aromatic heterocycles. The minimum absolute atomic E-state index is 0.0666. The standard InChI is InChI=1S/C7H8O3S.C5H6N2/c1-6-2-4-7(5-3-6)11(8,9)10;6-2-1-5-3-7-4-5/h2-5H,1H3,(H,8,9,10);1,7H,3-4H2. The molecule has 0 unspecified atom stereocenters.